The minimum absolute atomic E-state index is 0.0215. The molecule has 0 spiro atoms. The van der Waals surface area contributed by atoms with Gasteiger partial charge in [-0.05, 0) is 22.0 Å². The maximum Gasteiger partial charge on any atom is 0.339 e. The molecule has 4 nitrogen and oxygen atoms in total. The molecule has 0 aliphatic rings. The van der Waals surface area contributed by atoms with Crippen molar-refractivity contribution in [2.45, 2.75) is 0 Å². The zero-order valence-electron chi connectivity index (χ0n) is 7.17. The number of carbonyl (C=O) groups is 1. The van der Waals surface area contributed by atoms with Crippen molar-refractivity contribution in [3.63, 3.8) is 0 Å². The van der Waals surface area contributed by atoms with Crippen molar-refractivity contribution < 1.29 is 14.6 Å². The molecule has 0 aliphatic heterocycles. The molecule has 0 heterocycles. The molecule has 6 heteroatoms. The maximum absolute atomic E-state index is 10.8. The summed E-state index contributed by atoms with van der Waals surface area (Å²) in [6.07, 6.45) is 0. The molecule has 0 bridgehead atoms. The number of nitrogen functional groups attached to an aromatic ring is 1. The molecule has 1 aromatic carbocycles. The van der Waals surface area contributed by atoms with Gasteiger partial charge < -0.3 is 15.6 Å². The minimum atomic E-state index is -1.19. The first-order valence-corrected chi connectivity index (χ1v) is 4.71. The number of rotatable bonds is 2. The highest BCUT2D eigenvalue weighted by Gasteiger charge is 2.19. The molecular weight excluding hydrogens is 273 g/mol. The van der Waals surface area contributed by atoms with Gasteiger partial charge in [0.15, 0.2) is 0 Å². The molecule has 1 aromatic rings. The number of methoxy groups -OCH3 is 1. The van der Waals surface area contributed by atoms with Crippen LogP contribution in [0.25, 0.3) is 0 Å². The average Bonchev–Trinajstić information content (AvgIpc) is 2.11. The topological polar surface area (TPSA) is 72.5 Å². The smallest absolute Gasteiger partial charge is 0.339 e. The lowest BCUT2D eigenvalue weighted by atomic mass is 10.1. The van der Waals surface area contributed by atoms with Gasteiger partial charge in [0.2, 0.25) is 0 Å². The van der Waals surface area contributed by atoms with Gasteiger partial charge in [-0.2, -0.15) is 0 Å². The van der Waals surface area contributed by atoms with Crippen LogP contribution in [0, 0.1) is 0 Å². The predicted octanol–water partition coefficient (Wildman–Crippen LogP) is 2.39. The zero-order valence-corrected chi connectivity index (χ0v) is 9.52. The summed E-state index contributed by atoms with van der Waals surface area (Å²) < 4.78 is 5.33. The number of carboxylic acid groups (broad SMARTS) is 1. The first-order chi connectivity index (χ1) is 6.49. The fourth-order valence-corrected chi connectivity index (χ4v) is 1.64. The Morgan fingerprint density at radius 3 is 2.71 bits per heavy atom. The first kappa shape index (κ1) is 11.1. The van der Waals surface area contributed by atoms with E-state index in [2.05, 4.69) is 15.9 Å². The molecular formula is C8H7BrClNO3. The molecule has 0 unspecified atom stereocenters. The summed E-state index contributed by atoms with van der Waals surface area (Å²) in [7, 11) is 1.40. The van der Waals surface area contributed by atoms with Crippen molar-refractivity contribution in [1.29, 1.82) is 0 Å². The van der Waals surface area contributed by atoms with Crippen molar-refractivity contribution in [2.24, 2.45) is 0 Å². The SMILES string of the molecule is COc1cc(Br)c(Cl)c(C(=O)O)c1N. The predicted molar refractivity (Wildman–Crippen MR) is 57.1 cm³/mol. The van der Waals surface area contributed by atoms with E-state index < -0.39 is 5.97 Å². The van der Waals surface area contributed by atoms with Crippen LogP contribution in [0.5, 0.6) is 5.75 Å². The van der Waals surface area contributed by atoms with Gasteiger partial charge in [-0.1, -0.05) is 11.6 Å². The number of benzene rings is 1. The summed E-state index contributed by atoms with van der Waals surface area (Å²) >= 11 is 8.87. The van der Waals surface area contributed by atoms with Gasteiger partial charge in [-0.15, -0.1) is 0 Å². The van der Waals surface area contributed by atoms with Crippen LogP contribution < -0.4 is 10.5 Å². The lowest BCUT2D eigenvalue weighted by Gasteiger charge is -2.10. The van der Waals surface area contributed by atoms with E-state index >= 15 is 0 Å². The van der Waals surface area contributed by atoms with Crippen LogP contribution >= 0.6 is 27.5 Å². The molecule has 3 N–H and O–H groups in total. The van der Waals surface area contributed by atoms with E-state index in [-0.39, 0.29) is 22.0 Å². The summed E-state index contributed by atoms with van der Waals surface area (Å²) in [4.78, 5) is 10.8. The van der Waals surface area contributed by atoms with E-state index in [0.29, 0.717) is 4.47 Å². The van der Waals surface area contributed by atoms with Crippen molar-refractivity contribution in [3.05, 3.63) is 21.1 Å². The number of anilines is 1. The van der Waals surface area contributed by atoms with Crippen LogP contribution in [-0.4, -0.2) is 18.2 Å². The molecule has 1 rings (SSSR count). The van der Waals surface area contributed by atoms with Crippen LogP contribution in [0.15, 0.2) is 10.5 Å². The number of hydrogen-bond donors (Lipinski definition) is 2. The molecule has 0 radical (unpaired) electrons. The normalized spacial score (nSPS) is 9.93. The van der Waals surface area contributed by atoms with Crippen LogP contribution in [-0.2, 0) is 0 Å². The highest BCUT2D eigenvalue weighted by Crippen LogP contribution is 2.37. The fraction of sp³-hybridized carbons (Fsp3) is 0.125. The fourth-order valence-electron chi connectivity index (χ4n) is 0.995. The van der Waals surface area contributed by atoms with E-state index in [0.717, 1.165) is 0 Å². The van der Waals surface area contributed by atoms with E-state index in [9.17, 15) is 4.79 Å². The first-order valence-electron chi connectivity index (χ1n) is 3.53. The van der Waals surface area contributed by atoms with Crippen LogP contribution in [0.4, 0.5) is 5.69 Å². The molecule has 0 amide bonds. The van der Waals surface area contributed by atoms with Gasteiger partial charge in [0, 0.05) is 4.47 Å². The molecule has 0 saturated heterocycles. The number of aromatic carboxylic acids is 1. The second-order valence-corrected chi connectivity index (χ2v) is 3.70. The number of halogens is 2. The largest absolute Gasteiger partial charge is 0.495 e. The van der Waals surface area contributed by atoms with E-state index in [1.165, 1.54) is 13.2 Å². The van der Waals surface area contributed by atoms with Crippen LogP contribution in [0.3, 0.4) is 0 Å². The lowest BCUT2D eigenvalue weighted by molar-refractivity contribution is 0.0698. The van der Waals surface area contributed by atoms with Gasteiger partial charge in [0.05, 0.1) is 17.8 Å². The number of nitrogens with two attached hydrogens (primary N) is 1. The monoisotopic (exact) mass is 279 g/mol. The Bertz CT molecular complexity index is 395. The van der Waals surface area contributed by atoms with Crippen LogP contribution in [0.2, 0.25) is 5.02 Å². The summed E-state index contributed by atoms with van der Waals surface area (Å²) in [5.74, 6) is -0.911. The Hall–Kier alpha value is -0.940. The van der Waals surface area contributed by atoms with Gasteiger partial charge in [0.1, 0.15) is 11.3 Å². The van der Waals surface area contributed by atoms with Crippen LogP contribution in [0.1, 0.15) is 10.4 Å². The third-order valence-electron chi connectivity index (χ3n) is 1.66. The number of ether oxygens (including phenoxy) is 1. The van der Waals surface area contributed by atoms with Gasteiger partial charge >= 0.3 is 5.97 Å². The second kappa shape index (κ2) is 4.06. The zero-order chi connectivity index (χ0) is 10.9. The van der Waals surface area contributed by atoms with Crippen molar-refractivity contribution in [1.82, 2.24) is 0 Å². The Morgan fingerprint density at radius 1 is 1.71 bits per heavy atom. The summed E-state index contributed by atoms with van der Waals surface area (Å²) in [5, 5.41) is 8.92. The quantitative estimate of drug-likeness (QED) is 0.816. The highest BCUT2D eigenvalue weighted by atomic mass is 79.9. The summed E-state index contributed by atoms with van der Waals surface area (Å²) in [5.41, 5.74) is 5.42. The molecule has 14 heavy (non-hydrogen) atoms. The number of hydrogen-bond acceptors (Lipinski definition) is 3. The molecule has 76 valence electrons. The summed E-state index contributed by atoms with van der Waals surface area (Å²) in [6, 6.07) is 1.52. The van der Waals surface area contributed by atoms with E-state index in [1.807, 2.05) is 0 Å². The highest BCUT2D eigenvalue weighted by molar-refractivity contribution is 9.10. The Balaban J connectivity index is 3.53. The minimum Gasteiger partial charge on any atom is -0.495 e. The maximum atomic E-state index is 10.8. The molecule has 0 aromatic heterocycles. The molecule has 0 fully saturated rings. The van der Waals surface area contributed by atoms with Gasteiger partial charge in [-0.3, -0.25) is 0 Å². The van der Waals surface area contributed by atoms with Crippen molar-refractivity contribution in [3.8, 4) is 5.75 Å². The Labute approximate surface area is 93.7 Å². The lowest BCUT2D eigenvalue weighted by Crippen LogP contribution is -2.05. The summed E-state index contributed by atoms with van der Waals surface area (Å²) in [6.45, 7) is 0. The molecule has 0 atom stereocenters. The Kier molecular flexibility index (Phi) is 3.23. The third kappa shape index (κ3) is 1.78. The van der Waals surface area contributed by atoms with Gasteiger partial charge in [-0.25, -0.2) is 4.79 Å². The number of carboxylic acids is 1. The third-order valence-corrected chi connectivity index (χ3v) is 2.90. The standard InChI is InChI=1S/C8H7BrClNO3/c1-14-4-2-3(9)6(10)5(7(4)11)8(12)13/h2H,11H2,1H3,(H,12,13). The van der Waals surface area contributed by atoms with E-state index in [1.54, 1.807) is 0 Å². The van der Waals surface area contributed by atoms with Crippen molar-refractivity contribution in [2.75, 3.05) is 12.8 Å². The average molecular weight is 281 g/mol. The second-order valence-electron chi connectivity index (χ2n) is 2.47. The van der Waals surface area contributed by atoms with Gasteiger partial charge in [0.25, 0.3) is 0 Å². The molecule has 0 saturated carbocycles. The van der Waals surface area contributed by atoms with Crippen molar-refractivity contribution >= 4 is 39.2 Å². The molecule has 0 aliphatic carbocycles. The van der Waals surface area contributed by atoms with E-state index in [4.69, 9.17) is 27.2 Å². The Morgan fingerprint density at radius 2 is 2.29 bits per heavy atom.